The molecule has 1 atom stereocenters. The molecule has 0 aliphatic heterocycles. The summed E-state index contributed by atoms with van der Waals surface area (Å²) in [6.45, 7) is 4.22. The van der Waals surface area contributed by atoms with E-state index >= 15 is 0 Å². The maximum absolute atomic E-state index is 11.0. The normalized spacial score (nSPS) is 13.8. The summed E-state index contributed by atoms with van der Waals surface area (Å²) >= 11 is 0. The van der Waals surface area contributed by atoms with Crippen LogP contribution in [0.3, 0.4) is 0 Å². The third kappa shape index (κ3) is 4.00. The summed E-state index contributed by atoms with van der Waals surface area (Å²) in [6, 6.07) is 3.75. The van der Waals surface area contributed by atoms with Crippen molar-refractivity contribution in [2.24, 2.45) is 0 Å². The number of pyridine rings is 1. The standard InChI is InChI=1S/C11H17NO2S/c1-4-9(2)11-6-5-10(7-12-11)8-15(3,13)14/h5-7,9H,4,8H2,1-3H3. The Balaban J connectivity index is 2.81. The van der Waals surface area contributed by atoms with Gasteiger partial charge in [0.15, 0.2) is 9.84 Å². The fourth-order valence-electron chi connectivity index (χ4n) is 1.32. The molecule has 0 bridgehead atoms. The lowest BCUT2D eigenvalue weighted by Crippen LogP contribution is -2.02. The first kappa shape index (κ1) is 12.2. The largest absolute Gasteiger partial charge is 0.261 e. The molecule has 1 aromatic rings. The highest BCUT2D eigenvalue weighted by Gasteiger charge is 2.07. The lowest BCUT2D eigenvalue weighted by molar-refractivity contribution is 0.601. The number of hydrogen-bond acceptors (Lipinski definition) is 3. The molecule has 1 aromatic heterocycles. The molecule has 1 heterocycles. The molecule has 4 heteroatoms. The van der Waals surface area contributed by atoms with Crippen LogP contribution in [0.2, 0.25) is 0 Å². The van der Waals surface area contributed by atoms with Gasteiger partial charge in [-0.15, -0.1) is 0 Å². The second-order valence-corrected chi connectivity index (χ2v) is 6.11. The van der Waals surface area contributed by atoms with E-state index in [1.165, 1.54) is 6.26 Å². The summed E-state index contributed by atoms with van der Waals surface area (Å²) in [5, 5.41) is 0. The molecule has 15 heavy (non-hydrogen) atoms. The number of aromatic nitrogens is 1. The molecule has 0 aliphatic carbocycles. The minimum Gasteiger partial charge on any atom is -0.261 e. The Kier molecular flexibility index (Phi) is 3.85. The van der Waals surface area contributed by atoms with Gasteiger partial charge in [0, 0.05) is 18.1 Å². The topological polar surface area (TPSA) is 47.0 Å². The van der Waals surface area contributed by atoms with Crippen LogP contribution in [0.5, 0.6) is 0 Å². The number of rotatable bonds is 4. The van der Waals surface area contributed by atoms with E-state index in [0.29, 0.717) is 5.92 Å². The van der Waals surface area contributed by atoms with Crippen molar-refractivity contribution in [1.82, 2.24) is 4.98 Å². The molecule has 1 unspecified atom stereocenters. The second kappa shape index (κ2) is 4.75. The smallest absolute Gasteiger partial charge is 0.151 e. The van der Waals surface area contributed by atoms with Crippen LogP contribution in [0.25, 0.3) is 0 Å². The van der Waals surface area contributed by atoms with Gasteiger partial charge >= 0.3 is 0 Å². The lowest BCUT2D eigenvalue weighted by atomic mass is 10.0. The Bertz CT molecular complexity index is 409. The Morgan fingerprint density at radius 1 is 1.40 bits per heavy atom. The molecule has 3 nitrogen and oxygen atoms in total. The SMILES string of the molecule is CCC(C)c1ccc(CS(C)(=O)=O)cn1. The van der Waals surface area contributed by atoms with Gasteiger partial charge in [-0.05, 0) is 24.0 Å². The van der Waals surface area contributed by atoms with E-state index in [1.54, 1.807) is 6.20 Å². The zero-order chi connectivity index (χ0) is 11.5. The van der Waals surface area contributed by atoms with Crippen molar-refractivity contribution in [2.45, 2.75) is 31.9 Å². The lowest BCUT2D eigenvalue weighted by Gasteiger charge is -2.08. The van der Waals surface area contributed by atoms with Crippen molar-refractivity contribution >= 4 is 9.84 Å². The predicted molar refractivity (Wildman–Crippen MR) is 61.5 cm³/mol. The second-order valence-electron chi connectivity index (χ2n) is 3.97. The molecule has 0 saturated carbocycles. The van der Waals surface area contributed by atoms with Gasteiger partial charge in [0.2, 0.25) is 0 Å². The molecule has 84 valence electrons. The Labute approximate surface area is 91.5 Å². The summed E-state index contributed by atoms with van der Waals surface area (Å²) in [5.74, 6) is 0.498. The van der Waals surface area contributed by atoms with Crippen LogP contribution in [-0.4, -0.2) is 19.7 Å². The van der Waals surface area contributed by atoms with Gasteiger partial charge in [-0.25, -0.2) is 8.42 Å². The van der Waals surface area contributed by atoms with E-state index in [0.717, 1.165) is 17.7 Å². The Morgan fingerprint density at radius 2 is 2.07 bits per heavy atom. The maximum atomic E-state index is 11.0. The molecule has 0 saturated heterocycles. The van der Waals surface area contributed by atoms with Crippen LogP contribution >= 0.6 is 0 Å². The van der Waals surface area contributed by atoms with E-state index in [-0.39, 0.29) is 5.75 Å². The molecular weight excluding hydrogens is 210 g/mol. The van der Waals surface area contributed by atoms with Gasteiger partial charge < -0.3 is 0 Å². The summed E-state index contributed by atoms with van der Waals surface area (Å²) in [6.07, 6.45) is 3.93. The van der Waals surface area contributed by atoms with Gasteiger partial charge in [-0.3, -0.25) is 4.98 Å². The van der Waals surface area contributed by atoms with Crippen LogP contribution < -0.4 is 0 Å². The molecule has 0 N–H and O–H groups in total. The molecular formula is C11H17NO2S. The van der Waals surface area contributed by atoms with Crippen molar-refractivity contribution in [3.63, 3.8) is 0 Å². The number of sulfone groups is 1. The van der Waals surface area contributed by atoms with Crippen LogP contribution in [0.4, 0.5) is 0 Å². The van der Waals surface area contributed by atoms with E-state index in [9.17, 15) is 8.42 Å². The summed E-state index contributed by atoms with van der Waals surface area (Å²) in [7, 11) is -2.96. The van der Waals surface area contributed by atoms with Crippen LogP contribution in [-0.2, 0) is 15.6 Å². The predicted octanol–water partition coefficient (Wildman–Crippen LogP) is 2.14. The van der Waals surface area contributed by atoms with Gasteiger partial charge in [-0.1, -0.05) is 19.9 Å². The first-order chi connectivity index (χ1) is 6.92. The van der Waals surface area contributed by atoms with Gasteiger partial charge in [0.1, 0.15) is 0 Å². The third-order valence-electron chi connectivity index (χ3n) is 2.39. The zero-order valence-corrected chi connectivity index (χ0v) is 10.2. The van der Waals surface area contributed by atoms with E-state index in [1.807, 2.05) is 12.1 Å². The molecule has 0 radical (unpaired) electrons. The summed E-state index contributed by atoms with van der Waals surface area (Å²) in [4.78, 5) is 4.27. The minimum atomic E-state index is -2.96. The highest BCUT2D eigenvalue weighted by atomic mass is 32.2. The van der Waals surface area contributed by atoms with E-state index in [2.05, 4.69) is 18.8 Å². The minimum absolute atomic E-state index is 0.0702. The van der Waals surface area contributed by atoms with Gasteiger partial charge in [0.05, 0.1) is 5.75 Å². The first-order valence-corrected chi connectivity index (χ1v) is 7.11. The van der Waals surface area contributed by atoms with E-state index < -0.39 is 9.84 Å². The highest BCUT2D eigenvalue weighted by molar-refractivity contribution is 7.89. The Hall–Kier alpha value is -0.900. The molecule has 0 spiro atoms. The van der Waals surface area contributed by atoms with Crippen molar-refractivity contribution in [3.05, 3.63) is 29.6 Å². The van der Waals surface area contributed by atoms with Crippen LogP contribution in [0.1, 0.15) is 37.4 Å². The molecule has 0 fully saturated rings. The van der Waals surface area contributed by atoms with Gasteiger partial charge in [0.25, 0.3) is 0 Å². The number of hydrogen-bond donors (Lipinski definition) is 0. The van der Waals surface area contributed by atoms with Crippen molar-refractivity contribution in [1.29, 1.82) is 0 Å². The van der Waals surface area contributed by atoms with Crippen LogP contribution in [0, 0.1) is 0 Å². The number of nitrogens with zero attached hydrogens (tertiary/aromatic N) is 1. The Morgan fingerprint density at radius 3 is 2.47 bits per heavy atom. The van der Waals surface area contributed by atoms with Crippen LogP contribution in [0.15, 0.2) is 18.3 Å². The first-order valence-electron chi connectivity index (χ1n) is 5.05. The third-order valence-corrected chi connectivity index (χ3v) is 3.25. The quantitative estimate of drug-likeness (QED) is 0.791. The fourth-order valence-corrected chi connectivity index (χ4v) is 2.10. The maximum Gasteiger partial charge on any atom is 0.151 e. The summed E-state index contributed by atoms with van der Waals surface area (Å²) in [5.41, 5.74) is 1.78. The average molecular weight is 227 g/mol. The van der Waals surface area contributed by atoms with Crippen molar-refractivity contribution < 1.29 is 8.42 Å². The molecule has 1 rings (SSSR count). The molecule has 0 aromatic carbocycles. The monoisotopic (exact) mass is 227 g/mol. The van der Waals surface area contributed by atoms with Crippen molar-refractivity contribution in [2.75, 3.05) is 6.26 Å². The van der Waals surface area contributed by atoms with Crippen molar-refractivity contribution in [3.8, 4) is 0 Å². The average Bonchev–Trinajstić information content (AvgIpc) is 2.15. The fraction of sp³-hybridized carbons (Fsp3) is 0.545. The van der Waals surface area contributed by atoms with E-state index in [4.69, 9.17) is 0 Å². The highest BCUT2D eigenvalue weighted by Crippen LogP contribution is 2.16. The zero-order valence-electron chi connectivity index (χ0n) is 9.40. The molecule has 0 aliphatic rings. The molecule has 0 amide bonds. The summed E-state index contributed by atoms with van der Waals surface area (Å²) < 4.78 is 22.1. The van der Waals surface area contributed by atoms with Gasteiger partial charge in [-0.2, -0.15) is 0 Å².